The van der Waals surface area contributed by atoms with Crippen LogP contribution >= 0.6 is 0 Å². The van der Waals surface area contributed by atoms with Crippen LogP contribution in [-0.2, 0) is 13.5 Å². The molecule has 2 heteroatoms. The summed E-state index contributed by atoms with van der Waals surface area (Å²) in [7, 11) is 2.08. The van der Waals surface area contributed by atoms with Gasteiger partial charge in [-0.1, -0.05) is 44.2 Å². The number of aromatic nitrogens is 2. The molecule has 112 valence electrons. The van der Waals surface area contributed by atoms with Crippen LogP contribution in [-0.4, -0.2) is 4.98 Å². The molecule has 0 aliphatic carbocycles. The molecule has 0 radical (unpaired) electrons. The van der Waals surface area contributed by atoms with Gasteiger partial charge in [-0.2, -0.15) is 0 Å². The van der Waals surface area contributed by atoms with E-state index in [-0.39, 0.29) is 0 Å². The van der Waals surface area contributed by atoms with Gasteiger partial charge < -0.3 is 0 Å². The molecule has 3 rings (SSSR count). The van der Waals surface area contributed by atoms with E-state index in [9.17, 15) is 0 Å². The third kappa shape index (κ3) is 2.74. The van der Waals surface area contributed by atoms with Gasteiger partial charge in [0.25, 0.3) is 0 Å². The minimum atomic E-state index is 0.645. The summed E-state index contributed by atoms with van der Waals surface area (Å²) in [4.78, 5) is 4.94. The van der Waals surface area contributed by atoms with Crippen molar-refractivity contribution in [3.05, 3.63) is 59.8 Å². The highest BCUT2D eigenvalue weighted by Gasteiger charge is 2.18. The third-order valence-electron chi connectivity index (χ3n) is 4.07. The lowest BCUT2D eigenvalue weighted by molar-refractivity contribution is -0.661. The summed E-state index contributed by atoms with van der Waals surface area (Å²) in [5.74, 6) is 1.67. The van der Waals surface area contributed by atoms with E-state index in [0.717, 1.165) is 17.8 Å². The van der Waals surface area contributed by atoms with Crippen molar-refractivity contribution in [3.8, 4) is 11.4 Å². The van der Waals surface area contributed by atoms with Gasteiger partial charge in [-0.05, 0) is 47.5 Å². The molecule has 0 spiro atoms. The molecule has 0 aliphatic heterocycles. The van der Waals surface area contributed by atoms with Crippen LogP contribution in [0.25, 0.3) is 22.3 Å². The van der Waals surface area contributed by atoms with Crippen LogP contribution in [0.15, 0.2) is 48.7 Å². The zero-order chi connectivity index (χ0) is 15.7. The van der Waals surface area contributed by atoms with E-state index in [2.05, 4.69) is 81.0 Å². The second-order valence-corrected chi connectivity index (χ2v) is 6.44. The zero-order valence-corrected chi connectivity index (χ0v) is 13.8. The smallest absolute Gasteiger partial charge is 0.232 e. The van der Waals surface area contributed by atoms with Crippen LogP contribution in [0, 0.1) is 12.8 Å². The fourth-order valence-electron chi connectivity index (χ4n) is 2.99. The summed E-state index contributed by atoms with van der Waals surface area (Å²) >= 11 is 0. The van der Waals surface area contributed by atoms with Crippen molar-refractivity contribution in [3.63, 3.8) is 0 Å². The maximum atomic E-state index is 4.94. The number of aryl methyl sites for hydroxylation is 2. The highest BCUT2D eigenvalue weighted by molar-refractivity contribution is 5.82. The van der Waals surface area contributed by atoms with Crippen molar-refractivity contribution in [2.45, 2.75) is 27.2 Å². The molecule has 0 bridgehead atoms. The summed E-state index contributed by atoms with van der Waals surface area (Å²) in [5.41, 5.74) is 4.91. The van der Waals surface area contributed by atoms with Gasteiger partial charge in [-0.25, -0.2) is 4.57 Å². The molecule has 2 nitrogen and oxygen atoms in total. The van der Waals surface area contributed by atoms with Crippen LogP contribution in [0.4, 0.5) is 0 Å². The fraction of sp³-hybridized carbons (Fsp3) is 0.300. The molecule has 0 saturated carbocycles. The lowest BCUT2D eigenvalue weighted by Gasteiger charge is -2.08. The van der Waals surface area contributed by atoms with E-state index < -0.39 is 0 Å². The molecule has 1 aromatic heterocycles. The Morgan fingerprint density at radius 2 is 1.82 bits per heavy atom. The molecular formula is C20H23N2+. The normalized spacial score (nSPS) is 11.3. The second-order valence-electron chi connectivity index (χ2n) is 6.44. The standard InChI is InChI=1S/C20H23N2/c1-14(2)12-16-9-7-11-19-18(16)13-22(4)20(21-19)17-10-6-5-8-15(17)3/h5-11,13-14H,12H2,1-4H3/q+1. The van der Waals surface area contributed by atoms with E-state index >= 15 is 0 Å². The Balaban J connectivity index is 2.20. The monoisotopic (exact) mass is 291 g/mol. The maximum absolute atomic E-state index is 4.94. The first kappa shape index (κ1) is 14.7. The van der Waals surface area contributed by atoms with Gasteiger partial charge in [0.15, 0.2) is 5.52 Å². The summed E-state index contributed by atoms with van der Waals surface area (Å²) in [5, 5.41) is 1.26. The van der Waals surface area contributed by atoms with E-state index in [1.807, 2.05) is 0 Å². The van der Waals surface area contributed by atoms with Crippen molar-refractivity contribution < 1.29 is 4.57 Å². The number of rotatable bonds is 3. The summed E-state index contributed by atoms with van der Waals surface area (Å²) < 4.78 is 2.15. The highest BCUT2D eigenvalue weighted by Crippen LogP contribution is 2.23. The van der Waals surface area contributed by atoms with Crippen LogP contribution in [0.5, 0.6) is 0 Å². The van der Waals surface area contributed by atoms with Crippen LogP contribution < -0.4 is 4.57 Å². The average molecular weight is 291 g/mol. The number of nitrogens with zero attached hydrogens (tertiary/aromatic N) is 2. The van der Waals surface area contributed by atoms with Gasteiger partial charge in [-0.3, -0.25) is 0 Å². The fourth-order valence-corrected chi connectivity index (χ4v) is 2.99. The molecule has 22 heavy (non-hydrogen) atoms. The predicted octanol–water partition coefficient (Wildman–Crippen LogP) is 4.23. The van der Waals surface area contributed by atoms with Gasteiger partial charge in [0.05, 0.1) is 18.0 Å². The minimum absolute atomic E-state index is 0.645. The number of fused-ring (bicyclic) bond motifs is 1. The maximum Gasteiger partial charge on any atom is 0.331 e. The largest absolute Gasteiger partial charge is 0.331 e. The Kier molecular flexibility index (Phi) is 3.93. The molecule has 1 heterocycles. The quantitative estimate of drug-likeness (QED) is 0.660. The Morgan fingerprint density at radius 3 is 2.55 bits per heavy atom. The van der Waals surface area contributed by atoms with E-state index in [4.69, 9.17) is 4.98 Å². The van der Waals surface area contributed by atoms with E-state index in [1.54, 1.807) is 0 Å². The number of benzene rings is 2. The van der Waals surface area contributed by atoms with Crippen molar-refractivity contribution in [1.29, 1.82) is 0 Å². The molecule has 0 unspecified atom stereocenters. The lowest BCUT2D eigenvalue weighted by Crippen LogP contribution is -2.32. The van der Waals surface area contributed by atoms with Gasteiger partial charge in [-0.15, -0.1) is 0 Å². The van der Waals surface area contributed by atoms with Crippen molar-refractivity contribution >= 4 is 10.9 Å². The van der Waals surface area contributed by atoms with Crippen molar-refractivity contribution in [1.82, 2.24) is 4.98 Å². The molecule has 0 atom stereocenters. The first-order valence-corrected chi connectivity index (χ1v) is 7.90. The minimum Gasteiger partial charge on any atom is -0.232 e. The second kappa shape index (κ2) is 5.88. The van der Waals surface area contributed by atoms with Crippen molar-refractivity contribution in [2.24, 2.45) is 13.0 Å². The zero-order valence-electron chi connectivity index (χ0n) is 13.8. The summed E-state index contributed by atoms with van der Waals surface area (Å²) in [6, 6.07) is 14.9. The topological polar surface area (TPSA) is 16.8 Å². The lowest BCUT2D eigenvalue weighted by atomic mass is 9.99. The molecule has 2 aromatic carbocycles. The average Bonchev–Trinajstić information content (AvgIpc) is 2.48. The Hall–Kier alpha value is -2.22. The van der Waals surface area contributed by atoms with Gasteiger partial charge >= 0.3 is 5.82 Å². The van der Waals surface area contributed by atoms with E-state index in [0.29, 0.717) is 5.92 Å². The molecule has 0 N–H and O–H groups in total. The third-order valence-corrected chi connectivity index (χ3v) is 4.07. The molecule has 0 saturated heterocycles. The summed E-state index contributed by atoms with van der Waals surface area (Å²) in [6.45, 7) is 6.65. The molecular weight excluding hydrogens is 268 g/mol. The summed E-state index contributed by atoms with van der Waals surface area (Å²) in [6.07, 6.45) is 3.31. The molecule has 3 aromatic rings. The van der Waals surface area contributed by atoms with Crippen molar-refractivity contribution in [2.75, 3.05) is 0 Å². The number of hydrogen-bond donors (Lipinski definition) is 0. The highest BCUT2D eigenvalue weighted by atomic mass is 15.0. The molecule has 0 aliphatic rings. The van der Waals surface area contributed by atoms with E-state index in [1.165, 1.54) is 22.1 Å². The predicted molar refractivity (Wildman–Crippen MR) is 91.6 cm³/mol. The van der Waals surface area contributed by atoms with Gasteiger partial charge in [0, 0.05) is 0 Å². The van der Waals surface area contributed by atoms with Crippen LogP contribution in [0.3, 0.4) is 0 Å². The Labute approximate surface area is 132 Å². The Bertz CT molecular complexity index is 819. The molecule has 0 fully saturated rings. The molecule has 0 amide bonds. The van der Waals surface area contributed by atoms with Crippen LogP contribution in [0.2, 0.25) is 0 Å². The Morgan fingerprint density at radius 1 is 1.05 bits per heavy atom. The first-order valence-electron chi connectivity index (χ1n) is 7.90. The van der Waals surface area contributed by atoms with Gasteiger partial charge in [0.2, 0.25) is 0 Å². The number of hydrogen-bond acceptors (Lipinski definition) is 1. The SMILES string of the molecule is Cc1ccccc1-c1nc2cccc(CC(C)C)c2c[n+]1C. The van der Waals surface area contributed by atoms with Gasteiger partial charge in [0.1, 0.15) is 6.20 Å². The first-order chi connectivity index (χ1) is 10.6. The van der Waals surface area contributed by atoms with Crippen LogP contribution in [0.1, 0.15) is 25.0 Å².